The van der Waals surface area contributed by atoms with Crippen molar-refractivity contribution < 1.29 is 4.79 Å². The quantitative estimate of drug-likeness (QED) is 0.628. The van der Waals surface area contributed by atoms with Crippen LogP contribution in [0.2, 0.25) is 0 Å². The predicted molar refractivity (Wildman–Crippen MR) is 89.6 cm³/mol. The Balaban J connectivity index is 1.92. The maximum atomic E-state index is 11.6. The van der Waals surface area contributed by atoms with E-state index in [1.165, 1.54) is 56.1 Å². The molecule has 1 atom stereocenters. The van der Waals surface area contributed by atoms with Crippen molar-refractivity contribution >= 4 is 11.6 Å². The molecule has 1 amide bonds. The lowest BCUT2D eigenvalue weighted by molar-refractivity contribution is -0.115. The van der Waals surface area contributed by atoms with Gasteiger partial charge in [-0.1, -0.05) is 64.5 Å². The zero-order chi connectivity index (χ0) is 15.1. The van der Waals surface area contributed by atoms with E-state index in [1.54, 1.807) is 0 Å². The summed E-state index contributed by atoms with van der Waals surface area (Å²) in [5.74, 6) is 0.993. The third kappa shape index (κ3) is 4.59. The minimum absolute atomic E-state index is 0.144. The van der Waals surface area contributed by atoms with Gasteiger partial charge in [-0.2, -0.15) is 0 Å². The zero-order valence-electron chi connectivity index (χ0n) is 13.6. The van der Waals surface area contributed by atoms with Crippen molar-refractivity contribution in [2.24, 2.45) is 5.92 Å². The number of anilines is 1. The molecule has 2 heteroatoms. The number of benzene rings is 1. The highest BCUT2D eigenvalue weighted by molar-refractivity contribution is 5.99. The van der Waals surface area contributed by atoms with E-state index in [9.17, 15) is 4.79 Å². The lowest BCUT2D eigenvalue weighted by atomic mass is 9.89. The van der Waals surface area contributed by atoms with Crippen LogP contribution in [0.25, 0.3) is 0 Å². The van der Waals surface area contributed by atoms with Crippen LogP contribution < -0.4 is 5.32 Å². The molecule has 2 nitrogen and oxygen atoms in total. The lowest BCUT2D eigenvalue weighted by Gasteiger charge is -2.17. The summed E-state index contributed by atoms with van der Waals surface area (Å²) >= 11 is 0. The fourth-order valence-corrected chi connectivity index (χ4v) is 3.43. The number of nitrogens with one attached hydrogen (secondary N) is 1. The highest BCUT2D eigenvalue weighted by Crippen LogP contribution is 2.29. The van der Waals surface area contributed by atoms with Crippen molar-refractivity contribution in [3.63, 3.8) is 0 Å². The molecule has 0 radical (unpaired) electrons. The van der Waals surface area contributed by atoms with Gasteiger partial charge >= 0.3 is 0 Å². The van der Waals surface area contributed by atoms with Crippen LogP contribution >= 0.6 is 0 Å². The van der Waals surface area contributed by atoms with E-state index < -0.39 is 0 Å². The number of rotatable bonds is 9. The van der Waals surface area contributed by atoms with E-state index in [1.807, 2.05) is 6.07 Å². The number of fused-ring (bicyclic) bond motifs is 1. The molecule has 0 saturated carbocycles. The maximum Gasteiger partial charge on any atom is 0.228 e. The summed E-state index contributed by atoms with van der Waals surface area (Å²) in [6.07, 6.45) is 11.0. The largest absolute Gasteiger partial charge is 0.326 e. The first-order chi connectivity index (χ1) is 10.2. The molecule has 21 heavy (non-hydrogen) atoms. The zero-order valence-corrected chi connectivity index (χ0v) is 13.6. The van der Waals surface area contributed by atoms with Crippen LogP contribution in [0.1, 0.15) is 69.9 Å². The summed E-state index contributed by atoms with van der Waals surface area (Å²) in [6.45, 7) is 4.56. The fraction of sp³-hybridized carbons (Fsp3) is 0.632. The van der Waals surface area contributed by atoms with Crippen LogP contribution in [0, 0.1) is 5.92 Å². The molecule has 0 fully saturated rings. The second-order valence-corrected chi connectivity index (χ2v) is 6.36. The first-order valence-electron chi connectivity index (χ1n) is 8.65. The molecule has 2 rings (SSSR count). The highest BCUT2D eigenvalue weighted by Gasteiger charge is 2.20. The maximum absolute atomic E-state index is 11.6. The Kier molecular flexibility index (Phi) is 6.28. The molecular weight excluding hydrogens is 258 g/mol. The monoisotopic (exact) mass is 287 g/mol. The average molecular weight is 287 g/mol. The Bertz CT molecular complexity index is 467. The Morgan fingerprint density at radius 3 is 2.71 bits per heavy atom. The average Bonchev–Trinajstić information content (AvgIpc) is 2.85. The minimum Gasteiger partial charge on any atom is -0.326 e. The molecule has 1 aliphatic rings. The van der Waals surface area contributed by atoms with Crippen LogP contribution in [0.15, 0.2) is 18.2 Å². The summed E-state index contributed by atoms with van der Waals surface area (Å²) in [5, 5.41) is 2.95. The van der Waals surface area contributed by atoms with Crippen LogP contribution in [0.3, 0.4) is 0 Å². The van der Waals surface area contributed by atoms with Crippen molar-refractivity contribution in [1.29, 1.82) is 0 Å². The van der Waals surface area contributed by atoms with Gasteiger partial charge in [0.15, 0.2) is 0 Å². The normalized spacial score (nSPS) is 14.9. The Labute approximate surface area is 129 Å². The van der Waals surface area contributed by atoms with Gasteiger partial charge in [0.2, 0.25) is 5.91 Å². The Hall–Kier alpha value is -1.31. The second kappa shape index (κ2) is 8.21. The first-order valence-corrected chi connectivity index (χ1v) is 8.65. The van der Waals surface area contributed by atoms with E-state index in [2.05, 4.69) is 31.3 Å². The molecular formula is C19H29NO. The molecule has 0 aliphatic carbocycles. The van der Waals surface area contributed by atoms with Gasteiger partial charge in [0.05, 0.1) is 6.42 Å². The van der Waals surface area contributed by atoms with Gasteiger partial charge in [-0.15, -0.1) is 0 Å². The van der Waals surface area contributed by atoms with Crippen LogP contribution in [0.4, 0.5) is 5.69 Å². The van der Waals surface area contributed by atoms with Gasteiger partial charge in [0, 0.05) is 5.69 Å². The molecule has 1 aliphatic heterocycles. The van der Waals surface area contributed by atoms with Crippen molar-refractivity contribution in [3.8, 4) is 0 Å². The number of hydrogen-bond acceptors (Lipinski definition) is 1. The molecule has 1 aromatic rings. The number of aryl methyl sites for hydroxylation is 1. The Morgan fingerprint density at radius 1 is 1.10 bits per heavy atom. The summed E-state index contributed by atoms with van der Waals surface area (Å²) < 4.78 is 0. The molecule has 0 bridgehead atoms. The van der Waals surface area contributed by atoms with Crippen molar-refractivity contribution in [1.82, 2.24) is 0 Å². The molecule has 1 unspecified atom stereocenters. The van der Waals surface area contributed by atoms with E-state index in [0.29, 0.717) is 6.42 Å². The summed E-state index contributed by atoms with van der Waals surface area (Å²) in [6, 6.07) is 6.30. The SMILES string of the molecule is CCCCCC(CCC)CCc1cccc2c1CC(=O)N2. The van der Waals surface area contributed by atoms with Gasteiger partial charge < -0.3 is 5.32 Å². The van der Waals surface area contributed by atoms with Crippen molar-refractivity contribution in [2.45, 2.75) is 71.6 Å². The second-order valence-electron chi connectivity index (χ2n) is 6.36. The summed E-state index contributed by atoms with van der Waals surface area (Å²) in [4.78, 5) is 11.6. The standard InChI is InChI=1S/C19H29NO/c1-3-5-6-9-15(8-4-2)12-13-16-10-7-11-18-17(16)14-19(21)20-18/h7,10-11,15H,3-6,8-9,12-14H2,1-2H3,(H,20,21). The number of hydrogen-bond donors (Lipinski definition) is 1. The first kappa shape index (κ1) is 16.1. The number of carbonyl (C=O) groups excluding carboxylic acids is 1. The van der Waals surface area contributed by atoms with Gasteiger partial charge in [-0.3, -0.25) is 4.79 Å². The number of unbranched alkanes of at least 4 members (excludes halogenated alkanes) is 2. The summed E-state index contributed by atoms with van der Waals surface area (Å²) in [5.41, 5.74) is 3.66. The smallest absolute Gasteiger partial charge is 0.228 e. The third-order valence-corrected chi connectivity index (χ3v) is 4.62. The van der Waals surface area contributed by atoms with Crippen LogP contribution in [0.5, 0.6) is 0 Å². The van der Waals surface area contributed by atoms with Crippen molar-refractivity contribution in [3.05, 3.63) is 29.3 Å². The molecule has 1 aromatic carbocycles. The van der Waals surface area contributed by atoms with E-state index in [-0.39, 0.29) is 5.91 Å². The van der Waals surface area contributed by atoms with Gasteiger partial charge in [-0.05, 0) is 36.0 Å². The highest BCUT2D eigenvalue weighted by atomic mass is 16.1. The molecule has 0 saturated heterocycles. The summed E-state index contributed by atoms with van der Waals surface area (Å²) in [7, 11) is 0. The third-order valence-electron chi connectivity index (χ3n) is 4.62. The van der Waals surface area contributed by atoms with E-state index in [4.69, 9.17) is 0 Å². The Morgan fingerprint density at radius 2 is 1.95 bits per heavy atom. The van der Waals surface area contributed by atoms with Gasteiger partial charge in [0.1, 0.15) is 0 Å². The van der Waals surface area contributed by atoms with E-state index in [0.717, 1.165) is 18.0 Å². The van der Waals surface area contributed by atoms with Gasteiger partial charge in [0.25, 0.3) is 0 Å². The van der Waals surface area contributed by atoms with Crippen molar-refractivity contribution in [2.75, 3.05) is 5.32 Å². The van der Waals surface area contributed by atoms with Gasteiger partial charge in [-0.25, -0.2) is 0 Å². The van der Waals surface area contributed by atoms with E-state index >= 15 is 0 Å². The topological polar surface area (TPSA) is 29.1 Å². The molecule has 1 heterocycles. The molecule has 1 N–H and O–H groups in total. The molecule has 116 valence electrons. The van der Waals surface area contributed by atoms with Crippen LogP contribution in [-0.2, 0) is 17.6 Å². The predicted octanol–water partition coefficient (Wildman–Crippen LogP) is 5.11. The molecule has 0 spiro atoms. The minimum atomic E-state index is 0.144. The lowest BCUT2D eigenvalue weighted by Crippen LogP contribution is -2.04. The fourth-order valence-electron chi connectivity index (χ4n) is 3.43. The number of amides is 1. The number of carbonyl (C=O) groups is 1. The molecule has 0 aromatic heterocycles. The van der Waals surface area contributed by atoms with Crippen LogP contribution in [-0.4, -0.2) is 5.91 Å².